The van der Waals surface area contributed by atoms with E-state index in [2.05, 4.69) is 4.74 Å². The molecule has 58 valence electrons. The van der Waals surface area contributed by atoms with Crippen LogP contribution < -0.4 is 4.74 Å². The standard InChI is InChI=1S/C8H8O3/c1-11-7-4-2-3-6(5-7)8(9)10/h2-5H,1H3,(H,9,10)/i1D3. The van der Waals surface area contributed by atoms with Gasteiger partial charge in [0.1, 0.15) is 5.75 Å². The number of methoxy groups -OCH3 is 1. The Balaban J connectivity index is 2.89. The lowest BCUT2D eigenvalue weighted by Gasteiger charge is -1.98. The third-order valence-electron chi connectivity index (χ3n) is 1.20. The molecule has 3 heteroatoms. The highest BCUT2D eigenvalue weighted by Crippen LogP contribution is 2.11. The molecule has 0 saturated heterocycles. The Morgan fingerprint density at radius 1 is 1.73 bits per heavy atom. The molecule has 0 saturated carbocycles. The molecule has 1 aromatic carbocycles. The Bertz CT molecular complexity index is 346. The number of benzene rings is 1. The first-order chi connectivity index (χ1) is 6.38. The first-order valence-corrected chi connectivity index (χ1v) is 2.91. The van der Waals surface area contributed by atoms with Crippen LogP contribution in [-0.2, 0) is 0 Å². The maximum atomic E-state index is 10.5. The summed E-state index contributed by atoms with van der Waals surface area (Å²) in [7, 11) is -2.56. The van der Waals surface area contributed by atoms with E-state index in [1.165, 1.54) is 18.2 Å². The Morgan fingerprint density at radius 3 is 3.18 bits per heavy atom. The van der Waals surface area contributed by atoms with E-state index in [-0.39, 0.29) is 11.3 Å². The third-order valence-corrected chi connectivity index (χ3v) is 1.20. The van der Waals surface area contributed by atoms with Crippen molar-refractivity contribution in [1.82, 2.24) is 0 Å². The molecule has 0 aromatic heterocycles. The monoisotopic (exact) mass is 155 g/mol. The van der Waals surface area contributed by atoms with Gasteiger partial charge in [-0.25, -0.2) is 4.79 Å². The summed E-state index contributed by atoms with van der Waals surface area (Å²) in [5, 5.41) is 8.61. The van der Waals surface area contributed by atoms with Gasteiger partial charge in [0.2, 0.25) is 0 Å². The maximum absolute atomic E-state index is 10.5. The van der Waals surface area contributed by atoms with Gasteiger partial charge in [-0.15, -0.1) is 0 Å². The van der Waals surface area contributed by atoms with E-state index in [1.807, 2.05) is 0 Å². The molecular weight excluding hydrogens is 144 g/mol. The van der Waals surface area contributed by atoms with Crippen LogP contribution in [0.15, 0.2) is 24.3 Å². The van der Waals surface area contributed by atoms with Crippen molar-refractivity contribution in [3.8, 4) is 5.75 Å². The zero-order chi connectivity index (χ0) is 10.8. The number of carboxylic acid groups (broad SMARTS) is 1. The average Bonchev–Trinajstić information content (AvgIpc) is 2.01. The summed E-state index contributed by atoms with van der Waals surface area (Å²) in [6.45, 7) is 0. The Kier molecular flexibility index (Phi) is 1.22. The van der Waals surface area contributed by atoms with Crippen molar-refractivity contribution in [2.24, 2.45) is 0 Å². The molecule has 1 aromatic rings. The highest BCUT2D eigenvalue weighted by atomic mass is 16.5. The van der Waals surface area contributed by atoms with Crippen LogP contribution in [0.4, 0.5) is 0 Å². The van der Waals surface area contributed by atoms with E-state index in [0.29, 0.717) is 0 Å². The summed E-state index contributed by atoms with van der Waals surface area (Å²) < 4.78 is 25.0. The highest BCUT2D eigenvalue weighted by molar-refractivity contribution is 5.87. The predicted octanol–water partition coefficient (Wildman–Crippen LogP) is 1.39. The molecule has 0 spiro atoms. The van der Waals surface area contributed by atoms with E-state index in [4.69, 9.17) is 9.22 Å². The highest BCUT2D eigenvalue weighted by Gasteiger charge is 2.01. The van der Waals surface area contributed by atoms with Crippen LogP contribution in [0.1, 0.15) is 14.5 Å². The van der Waals surface area contributed by atoms with Crippen LogP contribution in [0, 0.1) is 0 Å². The number of hydrogen-bond acceptors (Lipinski definition) is 2. The fourth-order valence-electron chi connectivity index (χ4n) is 0.693. The average molecular weight is 155 g/mol. The van der Waals surface area contributed by atoms with E-state index >= 15 is 0 Å². The van der Waals surface area contributed by atoms with Crippen molar-refractivity contribution < 1.29 is 18.8 Å². The molecule has 0 amide bonds. The van der Waals surface area contributed by atoms with E-state index in [1.54, 1.807) is 0 Å². The summed E-state index contributed by atoms with van der Waals surface area (Å²) >= 11 is 0. The van der Waals surface area contributed by atoms with Gasteiger partial charge in [0.05, 0.1) is 16.7 Å². The van der Waals surface area contributed by atoms with Gasteiger partial charge in [-0.05, 0) is 18.2 Å². The first-order valence-electron chi connectivity index (χ1n) is 4.41. The smallest absolute Gasteiger partial charge is 0.335 e. The van der Waals surface area contributed by atoms with Crippen LogP contribution in [0.3, 0.4) is 0 Å². The zero-order valence-corrected chi connectivity index (χ0v) is 5.57. The van der Waals surface area contributed by atoms with Gasteiger partial charge in [-0.3, -0.25) is 0 Å². The molecule has 0 bridgehead atoms. The molecule has 0 aliphatic heterocycles. The van der Waals surface area contributed by atoms with Gasteiger partial charge >= 0.3 is 5.97 Å². The SMILES string of the molecule is [2H]C([2H])([2H])Oc1cccc(C(=O)O)c1. The Labute approximate surface area is 68.4 Å². The molecule has 0 heterocycles. The van der Waals surface area contributed by atoms with E-state index in [9.17, 15) is 4.79 Å². The van der Waals surface area contributed by atoms with Gasteiger partial charge in [-0.1, -0.05) is 6.07 Å². The number of hydrogen-bond donors (Lipinski definition) is 1. The Hall–Kier alpha value is -1.51. The molecule has 0 aliphatic carbocycles. The molecular formula is C8H8O3. The summed E-state index contributed by atoms with van der Waals surface area (Å²) in [5.74, 6) is -1.11. The van der Waals surface area contributed by atoms with Gasteiger partial charge in [0.15, 0.2) is 0 Å². The van der Waals surface area contributed by atoms with E-state index < -0.39 is 13.0 Å². The van der Waals surface area contributed by atoms with Crippen LogP contribution in [0.2, 0.25) is 0 Å². The van der Waals surface area contributed by atoms with Crippen molar-refractivity contribution in [1.29, 1.82) is 0 Å². The molecule has 0 atom stereocenters. The molecule has 3 nitrogen and oxygen atoms in total. The number of rotatable bonds is 2. The fourth-order valence-corrected chi connectivity index (χ4v) is 0.693. The second-order valence-corrected chi connectivity index (χ2v) is 1.94. The molecule has 1 rings (SSSR count). The second kappa shape index (κ2) is 3.05. The lowest BCUT2D eigenvalue weighted by atomic mass is 10.2. The summed E-state index contributed by atoms with van der Waals surface area (Å²) in [6.07, 6.45) is 0. The minimum atomic E-state index is -2.56. The second-order valence-electron chi connectivity index (χ2n) is 1.94. The molecule has 0 unspecified atom stereocenters. The van der Waals surface area contributed by atoms with Crippen molar-refractivity contribution >= 4 is 5.97 Å². The van der Waals surface area contributed by atoms with Crippen LogP contribution >= 0.6 is 0 Å². The number of aromatic carboxylic acids is 1. The first kappa shape index (κ1) is 4.38. The largest absolute Gasteiger partial charge is 0.497 e. The minimum Gasteiger partial charge on any atom is -0.497 e. The molecule has 11 heavy (non-hydrogen) atoms. The van der Waals surface area contributed by atoms with Crippen LogP contribution in [-0.4, -0.2) is 18.1 Å². The fraction of sp³-hybridized carbons (Fsp3) is 0.125. The molecule has 0 aliphatic rings. The normalized spacial score (nSPS) is 14.4. The van der Waals surface area contributed by atoms with Crippen molar-refractivity contribution in [2.75, 3.05) is 7.04 Å². The topological polar surface area (TPSA) is 46.5 Å². The van der Waals surface area contributed by atoms with Crippen molar-refractivity contribution in [3.63, 3.8) is 0 Å². The van der Waals surface area contributed by atoms with Gasteiger partial charge in [-0.2, -0.15) is 0 Å². The van der Waals surface area contributed by atoms with Crippen molar-refractivity contribution in [3.05, 3.63) is 29.8 Å². The molecule has 0 fully saturated rings. The summed E-state index contributed by atoms with van der Waals surface area (Å²) in [5.41, 5.74) is -0.00764. The maximum Gasteiger partial charge on any atom is 0.335 e. The van der Waals surface area contributed by atoms with Gasteiger partial charge in [0.25, 0.3) is 0 Å². The summed E-state index contributed by atoms with van der Waals surface area (Å²) in [4.78, 5) is 10.5. The van der Waals surface area contributed by atoms with Crippen molar-refractivity contribution in [2.45, 2.75) is 0 Å². The van der Waals surface area contributed by atoms with Gasteiger partial charge < -0.3 is 9.84 Å². The van der Waals surface area contributed by atoms with Gasteiger partial charge in [0, 0.05) is 0 Å². The number of ether oxygens (including phenoxy) is 1. The lowest BCUT2D eigenvalue weighted by Crippen LogP contribution is -1.95. The summed E-state index contributed by atoms with van der Waals surface area (Å²) in [6, 6.07) is 5.33. The Morgan fingerprint density at radius 2 is 2.55 bits per heavy atom. The van der Waals surface area contributed by atoms with Crippen LogP contribution in [0.5, 0.6) is 5.75 Å². The third kappa shape index (κ3) is 1.70. The number of carbonyl (C=O) groups is 1. The quantitative estimate of drug-likeness (QED) is 0.702. The number of carboxylic acids is 1. The zero-order valence-electron chi connectivity index (χ0n) is 8.57. The minimum absolute atomic E-state index is 0.00764. The molecule has 1 N–H and O–H groups in total. The van der Waals surface area contributed by atoms with E-state index in [0.717, 1.165) is 6.07 Å². The predicted molar refractivity (Wildman–Crippen MR) is 40.0 cm³/mol. The van der Waals surface area contributed by atoms with Crippen LogP contribution in [0.25, 0.3) is 0 Å². The lowest BCUT2D eigenvalue weighted by molar-refractivity contribution is 0.0696. The molecule has 0 radical (unpaired) electrons.